The lowest BCUT2D eigenvalue weighted by atomic mass is 9.93. The number of rotatable bonds is 6. The summed E-state index contributed by atoms with van der Waals surface area (Å²) in [5, 5.41) is 5.29. The van der Waals surface area contributed by atoms with Crippen molar-refractivity contribution in [2.75, 3.05) is 13.1 Å². The predicted octanol–water partition coefficient (Wildman–Crippen LogP) is 3.97. The highest BCUT2D eigenvalue weighted by Crippen LogP contribution is 2.23. The highest BCUT2D eigenvalue weighted by molar-refractivity contribution is 5.86. The van der Waals surface area contributed by atoms with Crippen LogP contribution in [0.3, 0.4) is 0 Å². The lowest BCUT2D eigenvalue weighted by Gasteiger charge is -2.33. The number of carbonyl (C=O) groups is 2. The van der Waals surface area contributed by atoms with Gasteiger partial charge in [0.2, 0.25) is 11.8 Å². The Labute approximate surface area is 183 Å². The number of pyridine rings is 1. The van der Waals surface area contributed by atoms with Crippen LogP contribution in [-0.2, 0) is 22.6 Å². The smallest absolute Gasteiger partial charge is 0.225 e. The van der Waals surface area contributed by atoms with Gasteiger partial charge in [-0.15, -0.1) is 0 Å². The van der Waals surface area contributed by atoms with Gasteiger partial charge in [-0.2, -0.15) is 0 Å². The zero-order valence-electron chi connectivity index (χ0n) is 18.0. The van der Waals surface area contributed by atoms with Crippen LogP contribution in [0.1, 0.15) is 30.9 Å². The van der Waals surface area contributed by atoms with Gasteiger partial charge in [-0.1, -0.05) is 61.5 Å². The van der Waals surface area contributed by atoms with Gasteiger partial charge >= 0.3 is 0 Å². The van der Waals surface area contributed by atoms with E-state index in [1.54, 1.807) is 0 Å². The van der Waals surface area contributed by atoms with E-state index in [0.29, 0.717) is 26.1 Å². The SMILES string of the molecule is C[C@H](Cc1cncc2ccccc12)C(=O)N1CCC(C(=O)NCc2ccccc2)CC1. The van der Waals surface area contributed by atoms with E-state index in [1.165, 1.54) is 0 Å². The Kier molecular flexibility index (Phi) is 6.60. The van der Waals surface area contributed by atoms with Crippen LogP contribution >= 0.6 is 0 Å². The van der Waals surface area contributed by atoms with E-state index in [9.17, 15) is 9.59 Å². The molecule has 0 radical (unpaired) electrons. The van der Waals surface area contributed by atoms with Crippen molar-refractivity contribution < 1.29 is 9.59 Å². The maximum Gasteiger partial charge on any atom is 0.225 e. The largest absolute Gasteiger partial charge is 0.352 e. The van der Waals surface area contributed by atoms with Crippen LogP contribution in [0.25, 0.3) is 10.8 Å². The molecule has 1 fully saturated rings. The summed E-state index contributed by atoms with van der Waals surface area (Å²) in [7, 11) is 0. The first-order valence-electron chi connectivity index (χ1n) is 11.0. The van der Waals surface area contributed by atoms with Crippen LogP contribution in [0.4, 0.5) is 0 Å². The van der Waals surface area contributed by atoms with Crippen molar-refractivity contribution >= 4 is 22.6 Å². The Morgan fingerprint density at radius 1 is 1.03 bits per heavy atom. The lowest BCUT2D eigenvalue weighted by molar-refractivity contribution is -0.138. The van der Waals surface area contributed by atoms with E-state index in [0.717, 1.165) is 34.7 Å². The van der Waals surface area contributed by atoms with Gasteiger partial charge in [0.05, 0.1) is 0 Å². The number of hydrogen-bond acceptors (Lipinski definition) is 3. The van der Waals surface area contributed by atoms with Crippen molar-refractivity contribution in [3.63, 3.8) is 0 Å². The van der Waals surface area contributed by atoms with Gasteiger partial charge < -0.3 is 10.2 Å². The average molecular weight is 416 g/mol. The standard InChI is InChI=1S/C26H29N3O2/c1-19(15-23-18-27-17-22-9-5-6-10-24(22)23)26(31)29-13-11-21(12-14-29)25(30)28-16-20-7-3-2-4-8-20/h2-10,17-19,21H,11-16H2,1H3,(H,28,30)/t19-/m1/s1. The van der Waals surface area contributed by atoms with Crippen molar-refractivity contribution in [2.24, 2.45) is 11.8 Å². The Hall–Kier alpha value is -3.21. The number of carbonyl (C=O) groups excluding carboxylic acids is 2. The molecule has 31 heavy (non-hydrogen) atoms. The highest BCUT2D eigenvalue weighted by atomic mass is 16.2. The molecule has 0 aliphatic carbocycles. The monoisotopic (exact) mass is 415 g/mol. The molecule has 0 unspecified atom stereocenters. The fourth-order valence-corrected chi connectivity index (χ4v) is 4.36. The molecule has 1 aromatic heterocycles. The van der Waals surface area contributed by atoms with Gasteiger partial charge in [0.25, 0.3) is 0 Å². The molecule has 5 heteroatoms. The van der Waals surface area contributed by atoms with E-state index < -0.39 is 0 Å². The summed E-state index contributed by atoms with van der Waals surface area (Å²) >= 11 is 0. The molecule has 1 aliphatic rings. The molecule has 2 amide bonds. The van der Waals surface area contributed by atoms with Crippen LogP contribution in [0.15, 0.2) is 67.0 Å². The molecule has 0 spiro atoms. The maximum atomic E-state index is 13.0. The van der Waals surface area contributed by atoms with Gasteiger partial charge in [0, 0.05) is 49.2 Å². The van der Waals surface area contributed by atoms with Crippen LogP contribution in [0.2, 0.25) is 0 Å². The van der Waals surface area contributed by atoms with Gasteiger partial charge in [-0.3, -0.25) is 14.6 Å². The molecule has 4 rings (SSSR count). The first-order valence-corrected chi connectivity index (χ1v) is 11.0. The van der Waals surface area contributed by atoms with E-state index >= 15 is 0 Å². The number of amides is 2. The summed E-state index contributed by atoms with van der Waals surface area (Å²) in [5.74, 6) is 0.114. The number of nitrogens with one attached hydrogen (secondary N) is 1. The van der Waals surface area contributed by atoms with Crippen molar-refractivity contribution in [1.29, 1.82) is 0 Å². The summed E-state index contributed by atoms with van der Waals surface area (Å²) in [6.07, 6.45) is 5.84. The number of piperidine rings is 1. The summed E-state index contributed by atoms with van der Waals surface area (Å²) < 4.78 is 0. The molecular weight excluding hydrogens is 386 g/mol. The van der Waals surface area contributed by atoms with Crippen LogP contribution in [-0.4, -0.2) is 34.8 Å². The molecule has 0 bridgehead atoms. The van der Waals surface area contributed by atoms with Crippen molar-refractivity contribution in [3.05, 3.63) is 78.1 Å². The second-order valence-electron chi connectivity index (χ2n) is 8.43. The van der Waals surface area contributed by atoms with Gasteiger partial charge in [0.1, 0.15) is 0 Å². The molecule has 1 atom stereocenters. The lowest BCUT2D eigenvalue weighted by Crippen LogP contribution is -2.44. The molecule has 0 saturated carbocycles. The van der Waals surface area contributed by atoms with E-state index in [4.69, 9.17) is 0 Å². The summed E-state index contributed by atoms with van der Waals surface area (Å²) in [6.45, 7) is 3.82. The third-order valence-electron chi connectivity index (χ3n) is 6.19. The van der Waals surface area contributed by atoms with Gasteiger partial charge in [-0.05, 0) is 35.8 Å². The van der Waals surface area contributed by atoms with Crippen LogP contribution in [0, 0.1) is 11.8 Å². The van der Waals surface area contributed by atoms with E-state index in [2.05, 4.69) is 16.4 Å². The quantitative estimate of drug-likeness (QED) is 0.663. The third-order valence-corrected chi connectivity index (χ3v) is 6.19. The molecule has 160 valence electrons. The predicted molar refractivity (Wildman–Crippen MR) is 122 cm³/mol. The number of hydrogen-bond donors (Lipinski definition) is 1. The van der Waals surface area contributed by atoms with E-state index in [1.807, 2.05) is 72.7 Å². The molecule has 2 heterocycles. The zero-order valence-corrected chi connectivity index (χ0v) is 18.0. The van der Waals surface area contributed by atoms with E-state index in [-0.39, 0.29) is 23.7 Å². The van der Waals surface area contributed by atoms with Gasteiger partial charge in [-0.25, -0.2) is 0 Å². The first kappa shape index (κ1) is 21.0. The fraction of sp³-hybridized carbons (Fsp3) is 0.346. The van der Waals surface area contributed by atoms with Crippen LogP contribution < -0.4 is 5.32 Å². The molecule has 3 aromatic rings. The summed E-state index contributed by atoms with van der Waals surface area (Å²) in [4.78, 5) is 31.8. The third kappa shape index (κ3) is 5.10. The molecule has 5 nitrogen and oxygen atoms in total. The summed E-state index contributed by atoms with van der Waals surface area (Å²) in [6, 6.07) is 18.1. The minimum absolute atomic E-state index is 0.0228. The zero-order chi connectivity index (χ0) is 21.6. The number of likely N-dealkylation sites (tertiary alicyclic amines) is 1. The maximum absolute atomic E-state index is 13.0. The van der Waals surface area contributed by atoms with Crippen molar-refractivity contribution in [1.82, 2.24) is 15.2 Å². The summed E-state index contributed by atoms with van der Waals surface area (Å²) in [5.41, 5.74) is 2.20. The number of aromatic nitrogens is 1. The fourth-order valence-electron chi connectivity index (χ4n) is 4.36. The number of benzene rings is 2. The molecule has 1 N–H and O–H groups in total. The Bertz CT molecular complexity index is 1040. The molecule has 1 saturated heterocycles. The molecule has 1 aliphatic heterocycles. The Morgan fingerprint density at radius 2 is 1.74 bits per heavy atom. The van der Waals surface area contributed by atoms with Crippen LogP contribution in [0.5, 0.6) is 0 Å². The minimum Gasteiger partial charge on any atom is -0.352 e. The molecular formula is C26H29N3O2. The van der Waals surface area contributed by atoms with Gasteiger partial charge in [0.15, 0.2) is 0 Å². The Balaban J connectivity index is 1.29. The van der Waals surface area contributed by atoms with Crippen molar-refractivity contribution in [2.45, 2.75) is 32.7 Å². The number of fused-ring (bicyclic) bond motifs is 1. The second kappa shape index (κ2) is 9.73. The average Bonchev–Trinajstić information content (AvgIpc) is 2.83. The Morgan fingerprint density at radius 3 is 2.52 bits per heavy atom. The minimum atomic E-state index is -0.115. The normalized spacial score (nSPS) is 15.6. The second-order valence-corrected chi connectivity index (χ2v) is 8.43. The molecule has 2 aromatic carbocycles. The number of nitrogens with zero attached hydrogens (tertiary/aromatic N) is 2. The highest BCUT2D eigenvalue weighted by Gasteiger charge is 2.29. The topological polar surface area (TPSA) is 62.3 Å². The first-order chi connectivity index (χ1) is 15.1. The van der Waals surface area contributed by atoms with Crippen molar-refractivity contribution in [3.8, 4) is 0 Å².